The van der Waals surface area contributed by atoms with E-state index in [0.717, 1.165) is 22.7 Å². The van der Waals surface area contributed by atoms with Crippen LogP contribution in [-0.2, 0) is 6.18 Å². The zero-order chi connectivity index (χ0) is 19.6. The second-order valence-electron chi connectivity index (χ2n) is 5.41. The van der Waals surface area contributed by atoms with Crippen LogP contribution in [0.5, 0.6) is 0 Å². The van der Waals surface area contributed by atoms with Crippen LogP contribution in [0.25, 0.3) is 0 Å². The smallest absolute Gasteiger partial charge is 0.393 e. The Morgan fingerprint density at radius 2 is 1.59 bits per heavy atom. The van der Waals surface area contributed by atoms with Crippen molar-refractivity contribution in [2.75, 3.05) is 16.4 Å². The van der Waals surface area contributed by atoms with E-state index in [9.17, 15) is 13.2 Å². The van der Waals surface area contributed by atoms with E-state index in [-0.39, 0.29) is 22.2 Å². The molecule has 1 heterocycles. The summed E-state index contributed by atoms with van der Waals surface area (Å²) in [5.74, 6) is 0.420. The highest BCUT2D eigenvalue weighted by atomic mass is 79.9. The highest BCUT2D eigenvalue weighted by molar-refractivity contribution is 9.10. The molecular formula is C17H12BrClF3N5. The predicted molar refractivity (Wildman–Crippen MR) is 104 cm³/mol. The number of benzene rings is 2. The van der Waals surface area contributed by atoms with Gasteiger partial charge < -0.3 is 16.4 Å². The minimum absolute atomic E-state index is 0.0312. The SMILES string of the molecule is Nc1c(Nc2cc(C(F)(F)F)ccc2Cl)ncnc1Nc1ccccc1Br. The summed E-state index contributed by atoms with van der Waals surface area (Å²) in [6.07, 6.45) is -3.26. The number of nitrogens with zero attached hydrogens (tertiary/aromatic N) is 2. The van der Waals surface area contributed by atoms with Crippen molar-refractivity contribution in [2.45, 2.75) is 6.18 Å². The van der Waals surface area contributed by atoms with Gasteiger partial charge in [-0.1, -0.05) is 23.7 Å². The summed E-state index contributed by atoms with van der Waals surface area (Å²) >= 11 is 9.40. The molecule has 0 amide bonds. The first-order valence-corrected chi connectivity index (χ1v) is 8.68. The molecule has 0 saturated heterocycles. The van der Waals surface area contributed by atoms with Gasteiger partial charge in [-0.25, -0.2) is 9.97 Å². The maximum Gasteiger partial charge on any atom is 0.416 e. The van der Waals surface area contributed by atoms with Gasteiger partial charge in [-0.05, 0) is 46.3 Å². The highest BCUT2D eigenvalue weighted by Crippen LogP contribution is 2.36. The van der Waals surface area contributed by atoms with Crippen LogP contribution in [0.3, 0.4) is 0 Å². The summed E-state index contributed by atoms with van der Waals surface area (Å²) in [5.41, 5.74) is 6.10. The van der Waals surface area contributed by atoms with Gasteiger partial charge in [0.1, 0.15) is 12.0 Å². The van der Waals surface area contributed by atoms with E-state index >= 15 is 0 Å². The molecule has 5 nitrogen and oxygen atoms in total. The highest BCUT2D eigenvalue weighted by Gasteiger charge is 2.31. The number of hydrogen-bond donors (Lipinski definition) is 3. The molecular weight excluding hydrogens is 447 g/mol. The van der Waals surface area contributed by atoms with Crippen molar-refractivity contribution in [1.82, 2.24) is 9.97 Å². The van der Waals surface area contributed by atoms with Crippen molar-refractivity contribution in [3.63, 3.8) is 0 Å². The summed E-state index contributed by atoms with van der Waals surface area (Å²) in [6, 6.07) is 10.3. The molecule has 140 valence electrons. The molecule has 4 N–H and O–H groups in total. The molecule has 0 radical (unpaired) electrons. The van der Waals surface area contributed by atoms with Crippen LogP contribution in [0, 0.1) is 0 Å². The summed E-state index contributed by atoms with van der Waals surface area (Å²) in [4.78, 5) is 8.07. The Kier molecular flexibility index (Phi) is 5.43. The Hall–Kier alpha value is -2.52. The van der Waals surface area contributed by atoms with Gasteiger partial charge in [-0.15, -0.1) is 0 Å². The summed E-state index contributed by atoms with van der Waals surface area (Å²) in [6.45, 7) is 0. The normalized spacial score (nSPS) is 11.3. The first kappa shape index (κ1) is 19.2. The van der Waals surface area contributed by atoms with E-state index in [2.05, 4.69) is 36.5 Å². The lowest BCUT2D eigenvalue weighted by atomic mass is 10.2. The van der Waals surface area contributed by atoms with E-state index in [4.69, 9.17) is 17.3 Å². The van der Waals surface area contributed by atoms with Gasteiger partial charge in [0, 0.05) is 4.47 Å². The van der Waals surface area contributed by atoms with E-state index in [1.54, 1.807) is 0 Å². The van der Waals surface area contributed by atoms with Crippen LogP contribution in [0.2, 0.25) is 5.02 Å². The Morgan fingerprint density at radius 1 is 0.963 bits per heavy atom. The molecule has 0 saturated carbocycles. The number of hydrogen-bond acceptors (Lipinski definition) is 5. The van der Waals surface area contributed by atoms with Gasteiger partial charge in [0.05, 0.1) is 22.0 Å². The minimum Gasteiger partial charge on any atom is -0.393 e. The average Bonchev–Trinajstić information content (AvgIpc) is 2.61. The number of nitrogens with one attached hydrogen (secondary N) is 2. The van der Waals surface area contributed by atoms with E-state index in [1.807, 2.05) is 24.3 Å². The van der Waals surface area contributed by atoms with Crippen molar-refractivity contribution in [3.8, 4) is 0 Å². The molecule has 27 heavy (non-hydrogen) atoms. The summed E-state index contributed by atoms with van der Waals surface area (Å²) in [7, 11) is 0. The molecule has 0 aliphatic rings. The number of anilines is 5. The van der Waals surface area contributed by atoms with Crippen molar-refractivity contribution in [3.05, 3.63) is 63.9 Å². The molecule has 3 aromatic rings. The number of halogens is 5. The number of nitrogens with two attached hydrogens (primary N) is 1. The Balaban J connectivity index is 1.92. The van der Waals surface area contributed by atoms with Gasteiger partial charge in [0.15, 0.2) is 11.6 Å². The quantitative estimate of drug-likeness (QED) is 0.448. The molecule has 3 rings (SSSR count). The third-order valence-electron chi connectivity index (χ3n) is 3.56. The topological polar surface area (TPSA) is 75.9 Å². The summed E-state index contributed by atoms with van der Waals surface area (Å²) in [5, 5.41) is 5.87. The molecule has 0 aliphatic carbocycles. The number of para-hydroxylation sites is 1. The molecule has 10 heteroatoms. The molecule has 0 bridgehead atoms. The molecule has 1 aromatic heterocycles. The molecule has 0 unspecified atom stereocenters. The van der Waals surface area contributed by atoms with Gasteiger partial charge in [-0.3, -0.25) is 0 Å². The Labute approximate surface area is 165 Å². The summed E-state index contributed by atoms with van der Waals surface area (Å²) < 4.78 is 39.6. The lowest BCUT2D eigenvalue weighted by Crippen LogP contribution is -2.08. The maximum absolute atomic E-state index is 12.9. The predicted octanol–water partition coefficient (Wildman–Crippen LogP) is 5.98. The fraction of sp³-hybridized carbons (Fsp3) is 0.0588. The van der Waals surface area contributed by atoms with Crippen LogP contribution in [0.1, 0.15) is 5.56 Å². The number of alkyl halides is 3. The van der Waals surface area contributed by atoms with Gasteiger partial charge >= 0.3 is 6.18 Å². The number of rotatable bonds is 4. The Bertz CT molecular complexity index is 981. The molecule has 0 fully saturated rings. The van der Waals surface area contributed by atoms with E-state index in [0.29, 0.717) is 11.5 Å². The van der Waals surface area contributed by atoms with Crippen molar-refractivity contribution < 1.29 is 13.2 Å². The van der Waals surface area contributed by atoms with Crippen LogP contribution in [0.15, 0.2) is 53.3 Å². The fourth-order valence-electron chi connectivity index (χ4n) is 2.21. The molecule has 0 atom stereocenters. The zero-order valence-electron chi connectivity index (χ0n) is 13.5. The average molecular weight is 459 g/mol. The third kappa shape index (κ3) is 4.42. The maximum atomic E-state index is 12.9. The fourth-order valence-corrected chi connectivity index (χ4v) is 2.76. The number of aromatic nitrogens is 2. The molecule has 0 spiro atoms. The zero-order valence-corrected chi connectivity index (χ0v) is 15.8. The van der Waals surface area contributed by atoms with Gasteiger partial charge in [-0.2, -0.15) is 13.2 Å². The van der Waals surface area contributed by atoms with Crippen molar-refractivity contribution in [2.24, 2.45) is 0 Å². The lowest BCUT2D eigenvalue weighted by Gasteiger charge is -2.15. The standard InChI is InChI=1S/C17H12BrClF3N5/c18-10-3-1-2-4-12(10)26-15-14(23)16(25-8-24-15)27-13-7-9(17(20,21)22)5-6-11(13)19/h1-8H,23H2,(H2,24,25,26,27). The monoisotopic (exact) mass is 457 g/mol. The minimum atomic E-state index is -4.50. The largest absolute Gasteiger partial charge is 0.416 e. The van der Waals surface area contributed by atoms with Crippen LogP contribution in [0.4, 0.5) is 41.9 Å². The van der Waals surface area contributed by atoms with Crippen molar-refractivity contribution >= 4 is 56.2 Å². The molecule has 0 aliphatic heterocycles. The second-order valence-corrected chi connectivity index (χ2v) is 6.67. The molecule has 2 aromatic carbocycles. The first-order chi connectivity index (χ1) is 12.8. The van der Waals surface area contributed by atoms with E-state index < -0.39 is 11.7 Å². The van der Waals surface area contributed by atoms with E-state index in [1.165, 1.54) is 6.33 Å². The third-order valence-corrected chi connectivity index (χ3v) is 4.58. The van der Waals surface area contributed by atoms with Crippen LogP contribution < -0.4 is 16.4 Å². The Morgan fingerprint density at radius 3 is 2.22 bits per heavy atom. The number of nitrogen functional groups attached to an aromatic ring is 1. The van der Waals surface area contributed by atoms with Crippen molar-refractivity contribution in [1.29, 1.82) is 0 Å². The first-order valence-electron chi connectivity index (χ1n) is 7.51. The van der Waals surface area contributed by atoms with Crippen LogP contribution >= 0.6 is 27.5 Å². The second kappa shape index (κ2) is 7.61. The van der Waals surface area contributed by atoms with Crippen LogP contribution in [-0.4, -0.2) is 9.97 Å². The lowest BCUT2D eigenvalue weighted by molar-refractivity contribution is -0.137. The van der Waals surface area contributed by atoms with Gasteiger partial charge in [0.25, 0.3) is 0 Å². The van der Waals surface area contributed by atoms with Gasteiger partial charge in [0.2, 0.25) is 0 Å².